The molecule has 9 nitrogen and oxygen atoms in total. The van der Waals surface area contributed by atoms with E-state index in [9.17, 15) is 26.4 Å². The minimum absolute atomic E-state index is 0.186. The number of benzene rings is 1. The highest BCUT2D eigenvalue weighted by molar-refractivity contribution is 7.93. The number of ether oxygens (including phenoxy) is 2. The number of methoxy groups -OCH3 is 2. The maximum atomic E-state index is 14.4. The number of hydrogen-bond donors (Lipinski definition) is 0. The maximum absolute atomic E-state index is 14.4. The molecule has 1 aromatic rings. The summed E-state index contributed by atoms with van der Waals surface area (Å²) >= 11 is 0. The summed E-state index contributed by atoms with van der Waals surface area (Å²) in [4.78, 5) is 7.27. The fourth-order valence-corrected chi connectivity index (χ4v) is 6.54. The maximum Gasteiger partial charge on any atom is 0.439 e. The number of esters is 1. The van der Waals surface area contributed by atoms with Crippen LogP contribution in [0.2, 0.25) is 0 Å². The first-order valence-electron chi connectivity index (χ1n) is 9.02. The third-order valence-electron chi connectivity index (χ3n) is 3.74. The first kappa shape index (κ1) is 27.4. The first-order valence-corrected chi connectivity index (χ1v) is 12.0. The predicted molar refractivity (Wildman–Crippen MR) is 105 cm³/mol. The molecule has 0 spiro atoms. The Morgan fingerprint density at radius 1 is 0.968 bits per heavy atom. The molecule has 14 heteroatoms. The van der Waals surface area contributed by atoms with Crippen LogP contribution in [0.5, 0.6) is 5.75 Å². The molecule has 0 radical (unpaired) electrons. The Kier molecular flexibility index (Phi) is 9.51. The van der Waals surface area contributed by atoms with Gasteiger partial charge in [-0.2, -0.15) is 17.9 Å². The van der Waals surface area contributed by atoms with Gasteiger partial charge in [0.05, 0.1) is 38.9 Å². The van der Waals surface area contributed by atoms with Crippen LogP contribution < -0.4 is 4.74 Å². The van der Waals surface area contributed by atoms with Crippen LogP contribution in [0.1, 0.15) is 20.8 Å². The molecule has 0 saturated heterocycles. The van der Waals surface area contributed by atoms with Crippen molar-refractivity contribution in [2.45, 2.75) is 36.7 Å². The molecule has 178 valence electrons. The van der Waals surface area contributed by atoms with E-state index in [4.69, 9.17) is 18.3 Å². The summed E-state index contributed by atoms with van der Waals surface area (Å²) in [6.07, 6.45) is -5.75. The molecule has 0 aliphatic carbocycles. The third kappa shape index (κ3) is 5.40. The van der Waals surface area contributed by atoms with Crippen molar-refractivity contribution in [1.82, 2.24) is 0 Å². The number of halogens is 3. The van der Waals surface area contributed by atoms with Crippen LogP contribution in [0, 0.1) is 0 Å². The predicted octanol–water partition coefficient (Wildman–Crippen LogP) is 3.96. The van der Waals surface area contributed by atoms with E-state index in [1.165, 1.54) is 27.9 Å². The second kappa shape index (κ2) is 10.8. The normalized spacial score (nSPS) is 14.6. The Morgan fingerprint density at radius 2 is 1.42 bits per heavy atom. The van der Waals surface area contributed by atoms with Crippen molar-refractivity contribution in [2.75, 3.05) is 34.0 Å². The number of sulfone groups is 1. The van der Waals surface area contributed by atoms with Crippen LogP contribution in [-0.2, 0) is 32.9 Å². The average molecular weight is 491 g/mol. The van der Waals surface area contributed by atoms with E-state index in [1.807, 2.05) is 0 Å². The molecule has 0 saturated carbocycles. The van der Waals surface area contributed by atoms with Gasteiger partial charge in [-0.05, 0) is 45.0 Å². The third-order valence-corrected chi connectivity index (χ3v) is 8.34. The number of rotatable bonds is 11. The lowest BCUT2D eigenvalue weighted by atomic mass is 10.3. The van der Waals surface area contributed by atoms with Gasteiger partial charge in [0, 0.05) is 0 Å². The zero-order valence-corrected chi connectivity index (χ0v) is 19.3. The van der Waals surface area contributed by atoms with Gasteiger partial charge >= 0.3 is 24.8 Å². The van der Waals surface area contributed by atoms with Crippen molar-refractivity contribution < 1.29 is 49.4 Å². The second-order valence-corrected chi connectivity index (χ2v) is 9.62. The molecule has 0 aliphatic rings. The molecular formula is C17H25F3NO8PS. The molecule has 0 fully saturated rings. The van der Waals surface area contributed by atoms with E-state index >= 15 is 0 Å². The van der Waals surface area contributed by atoms with E-state index in [2.05, 4.69) is 9.48 Å². The van der Waals surface area contributed by atoms with Crippen LogP contribution in [0.3, 0.4) is 0 Å². The molecule has 0 N–H and O–H groups in total. The molecule has 31 heavy (non-hydrogen) atoms. The van der Waals surface area contributed by atoms with E-state index in [0.29, 0.717) is 7.11 Å². The van der Waals surface area contributed by atoms with Gasteiger partial charge in [-0.3, -0.25) is 0 Å². The monoisotopic (exact) mass is 491 g/mol. The second-order valence-electron chi connectivity index (χ2n) is 5.63. The number of nitrogens with zero attached hydrogens (tertiary/aromatic N) is 1. The van der Waals surface area contributed by atoms with Crippen LogP contribution in [0.15, 0.2) is 33.9 Å². The molecule has 1 atom stereocenters. The number of carbonyl (C=O) groups is 1. The molecule has 0 amide bonds. The Bertz CT molecular complexity index is 881. The number of hydrogen-bond acceptors (Lipinski definition) is 9. The Balaban J connectivity index is 4.10. The zero-order chi connectivity index (χ0) is 23.9. The lowest BCUT2D eigenvalue weighted by Crippen LogP contribution is -2.57. The van der Waals surface area contributed by atoms with Gasteiger partial charge in [-0.25, -0.2) is 13.2 Å². The molecule has 1 aromatic carbocycles. The number of alkyl halides is 3. The van der Waals surface area contributed by atoms with Crippen molar-refractivity contribution >= 4 is 23.5 Å². The summed E-state index contributed by atoms with van der Waals surface area (Å²) in [5.74, 6) is -1.99. The highest BCUT2D eigenvalue weighted by Gasteiger charge is 2.73. The standard InChI is InChI=1S/C17H25F3NO8PS/c1-6-27-30(28-7-2,29-8-3)21-16(15(22)26-5,17(18,19)20)31(23,24)14-11-9-13(25-4)10-12-14/h9-12H,6-8H2,1-5H3. The van der Waals surface area contributed by atoms with E-state index in [0.717, 1.165) is 24.3 Å². The van der Waals surface area contributed by atoms with Gasteiger partial charge < -0.3 is 23.0 Å². The van der Waals surface area contributed by atoms with Gasteiger partial charge in [0.25, 0.3) is 0 Å². The smallest absolute Gasteiger partial charge is 0.439 e. The first-order chi connectivity index (χ1) is 14.4. The highest BCUT2D eigenvalue weighted by Crippen LogP contribution is 2.59. The Labute approximate surface area is 179 Å². The van der Waals surface area contributed by atoms with Crippen LogP contribution in [0.4, 0.5) is 13.2 Å². The van der Waals surface area contributed by atoms with E-state index in [1.54, 1.807) is 0 Å². The van der Waals surface area contributed by atoms with Crippen molar-refractivity contribution in [3.05, 3.63) is 24.3 Å². The largest absolute Gasteiger partial charge is 0.497 e. The molecule has 0 heterocycles. The lowest BCUT2D eigenvalue weighted by molar-refractivity contribution is -0.185. The molecule has 1 unspecified atom stereocenters. The molecule has 0 aliphatic heterocycles. The lowest BCUT2D eigenvalue weighted by Gasteiger charge is -2.32. The highest BCUT2D eigenvalue weighted by atomic mass is 32.2. The van der Waals surface area contributed by atoms with Gasteiger partial charge in [0.2, 0.25) is 9.84 Å². The van der Waals surface area contributed by atoms with Crippen molar-refractivity contribution in [2.24, 2.45) is 4.74 Å². The summed E-state index contributed by atoms with van der Waals surface area (Å²) in [5, 5.41) is 0. The summed E-state index contributed by atoms with van der Waals surface area (Å²) in [7, 11) is -7.99. The summed E-state index contributed by atoms with van der Waals surface area (Å²) in [5.41, 5.74) is 0. The van der Waals surface area contributed by atoms with Crippen LogP contribution in [0.25, 0.3) is 0 Å². The van der Waals surface area contributed by atoms with Crippen molar-refractivity contribution in [3.8, 4) is 5.75 Å². The van der Waals surface area contributed by atoms with E-state index < -0.39 is 39.5 Å². The minimum atomic E-state index is -5.75. The zero-order valence-electron chi connectivity index (χ0n) is 17.6. The molecule has 1 rings (SSSR count). The minimum Gasteiger partial charge on any atom is -0.497 e. The quantitative estimate of drug-likeness (QED) is 0.338. The molecule has 0 bridgehead atoms. The fraction of sp³-hybridized carbons (Fsp3) is 0.588. The molecule has 0 aromatic heterocycles. The average Bonchev–Trinajstić information content (AvgIpc) is 2.71. The Morgan fingerprint density at radius 3 is 1.74 bits per heavy atom. The van der Waals surface area contributed by atoms with Crippen molar-refractivity contribution in [1.29, 1.82) is 0 Å². The van der Waals surface area contributed by atoms with Gasteiger partial charge in [0.15, 0.2) is 0 Å². The van der Waals surface area contributed by atoms with Crippen LogP contribution in [-0.4, -0.2) is 59.5 Å². The van der Waals surface area contributed by atoms with Crippen molar-refractivity contribution in [3.63, 3.8) is 0 Å². The topological polar surface area (TPSA) is 110 Å². The Hall–Kier alpha value is -1.66. The van der Waals surface area contributed by atoms with Gasteiger partial charge in [-0.1, -0.05) is 0 Å². The summed E-state index contributed by atoms with van der Waals surface area (Å²) in [6, 6.07) is 3.97. The van der Waals surface area contributed by atoms with Gasteiger partial charge in [0.1, 0.15) is 5.75 Å². The number of carbonyl (C=O) groups excluding carboxylic acids is 1. The SMILES string of the molecule is CCOP(=NC(C(=O)OC)(C(F)(F)F)S(=O)(=O)c1ccc(OC)cc1)(OCC)OCC. The summed E-state index contributed by atoms with van der Waals surface area (Å²) < 4.78 is 98.1. The van der Waals surface area contributed by atoms with E-state index in [-0.39, 0.29) is 25.6 Å². The van der Waals surface area contributed by atoms with Gasteiger partial charge in [-0.15, -0.1) is 0 Å². The molecular weight excluding hydrogens is 466 g/mol. The summed E-state index contributed by atoms with van der Waals surface area (Å²) in [6.45, 7) is 3.59. The van der Waals surface area contributed by atoms with Crippen LogP contribution >= 0.6 is 7.74 Å². The fourth-order valence-electron chi connectivity index (χ4n) is 2.45.